The molecule has 0 aromatic rings. The lowest BCUT2D eigenvalue weighted by Crippen LogP contribution is -2.50. The Morgan fingerprint density at radius 1 is 1.28 bits per heavy atom. The van der Waals surface area contributed by atoms with E-state index in [4.69, 9.17) is 11.2 Å². The van der Waals surface area contributed by atoms with E-state index in [0.29, 0.717) is 0 Å². The van der Waals surface area contributed by atoms with Gasteiger partial charge in [-0.15, -0.1) is 6.42 Å². The number of alkyl carbamates (subject to hydrolysis) is 1. The van der Waals surface area contributed by atoms with Crippen LogP contribution in [0.25, 0.3) is 0 Å². The van der Waals surface area contributed by atoms with Crippen molar-refractivity contribution in [3.05, 3.63) is 0 Å². The fourth-order valence-corrected chi connectivity index (χ4v) is 3.38. The van der Waals surface area contributed by atoms with E-state index in [9.17, 15) is 4.79 Å². The number of terminal acetylenes is 1. The van der Waals surface area contributed by atoms with Crippen LogP contribution in [0.15, 0.2) is 0 Å². The second-order valence-electron chi connectivity index (χ2n) is 6.86. The summed E-state index contributed by atoms with van der Waals surface area (Å²) in [6, 6.07) is 0. The van der Waals surface area contributed by atoms with Gasteiger partial charge in [0.25, 0.3) is 0 Å². The Morgan fingerprint density at radius 2 is 2.00 bits per heavy atom. The van der Waals surface area contributed by atoms with Crippen LogP contribution in [0.5, 0.6) is 0 Å². The predicted molar refractivity (Wildman–Crippen MR) is 71.1 cm³/mol. The molecule has 2 saturated carbocycles. The third-order valence-electron chi connectivity index (χ3n) is 4.14. The Labute approximate surface area is 110 Å². The number of rotatable bonds is 1. The molecule has 3 nitrogen and oxygen atoms in total. The van der Waals surface area contributed by atoms with Crippen LogP contribution in [-0.4, -0.2) is 17.2 Å². The zero-order chi connectivity index (χ0) is 13.4. The van der Waals surface area contributed by atoms with E-state index >= 15 is 0 Å². The minimum atomic E-state index is -0.447. The van der Waals surface area contributed by atoms with Crippen molar-refractivity contribution in [3.63, 3.8) is 0 Å². The maximum absolute atomic E-state index is 11.9. The average molecular weight is 249 g/mol. The van der Waals surface area contributed by atoms with E-state index in [1.165, 1.54) is 0 Å². The predicted octanol–water partition coefficient (Wildman–Crippen LogP) is 3.24. The molecule has 18 heavy (non-hydrogen) atoms. The molecule has 2 rings (SSSR count). The Morgan fingerprint density at radius 3 is 2.61 bits per heavy atom. The fraction of sp³-hybridized carbons (Fsp3) is 0.800. The third kappa shape index (κ3) is 2.63. The average Bonchev–Trinajstić information content (AvgIpc) is 2.48. The minimum Gasteiger partial charge on any atom is -0.444 e. The van der Waals surface area contributed by atoms with Gasteiger partial charge < -0.3 is 10.1 Å². The molecule has 2 fully saturated rings. The molecule has 1 amide bonds. The van der Waals surface area contributed by atoms with Crippen molar-refractivity contribution < 1.29 is 9.53 Å². The number of carbonyl (C=O) groups is 1. The fourth-order valence-electron chi connectivity index (χ4n) is 3.38. The summed E-state index contributed by atoms with van der Waals surface area (Å²) in [6.07, 6.45) is 11.5. The number of amides is 1. The lowest BCUT2D eigenvalue weighted by molar-refractivity contribution is 0.0429. The maximum atomic E-state index is 11.9. The zero-order valence-corrected chi connectivity index (χ0v) is 11.6. The molecule has 2 bridgehead atoms. The van der Waals surface area contributed by atoms with E-state index in [1.54, 1.807) is 0 Å². The summed E-state index contributed by atoms with van der Waals surface area (Å²) in [5.41, 5.74) is -0.544. The van der Waals surface area contributed by atoms with Gasteiger partial charge in [0, 0.05) is 11.0 Å². The van der Waals surface area contributed by atoms with Crippen LogP contribution in [0.2, 0.25) is 0 Å². The first-order valence-electron chi connectivity index (χ1n) is 6.77. The van der Waals surface area contributed by atoms with Gasteiger partial charge in [-0.2, -0.15) is 0 Å². The van der Waals surface area contributed by atoms with E-state index in [-0.39, 0.29) is 17.0 Å². The zero-order valence-electron chi connectivity index (χ0n) is 11.6. The first-order chi connectivity index (χ1) is 8.28. The molecule has 0 radical (unpaired) electrons. The summed E-state index contributed by atoms with van der Waals surface area (Å²) in [7, 11) is 0. The molecule has 0 aliphatic heterocycles. The van der Waals surface area contributed by atoms with Crippen molar-refractivity contribution in [2.45, 2.75) is 70.4 Å². The molecule has 0 aromatic heterocycles. The van der Waals surface area contributed by atoms with Gasteiger partial charge in [0.15, 0.2) is 0 Å². The van der Waals surface area contributed by atoms with E-state index in [2.05, 4.69) is 11.2 Å². The molecule has 2 atom stereocenters. The third-order valence-corrected chi connectivity index (χ3v) is 4.14. The van der Waals surface area contributed by atoms with Crippen molar-refractivity contribution in [1.29, 1.82) is 0 Å². The standard InChI is InChI=1S/C15H23NO2/c1-5-14-7-6-8-15(11-14,10-9-14)16-12(17)18-13(2,3)4/h1H,6-11H2,2-4H3,(H,16,17). The summed E-state index contributed by atoms with van der Waals surface area (Å²) >= 11 is 0. The van der Waals surface area contributed by atoms with E-state index in [1.807, 2.05) is 20.8 Å². The maximum Gasteiger partial charge on any atom is 0.408 e. The lowest BCUT2D eigenvalue weighted by Gasteiger charge is -2.37. The highest BCUT2D eigenvalue weighted by Gasteiger charge is 2.51. The molecule has 1 N–H and O–H groups in total. The Kier molecular flexibility index (Phi) is 3.09. The van der Waals surface area contributed by atoms with Crippen LogP contribution in [0.1, 0.15) is 59.3 Å². The lowest BCUT2D eigenvalue weighted by atomic mass is 9.73. The quantitative estimate of drug-likeness (QED) is 0.724. The van der Waals surface area contributed by atoms with Crippen LogP contribution >= 0.6 is 0 Å². The summed E-state index contributed by atoms with van der Waals surface area (Å²) in [5, 5.41) is 3.08. The van der Waals surface area contributed by atoms with Gasteiger partial charge in [0.1, 0.15) is 5.60 Å². The van der Waals surface area contributed by atoms with Gasteiger partial charge in [0.2, 0.25) is 0 Å². The molecule has 2 unspecified atom stereocenters. The number of hydrogen-bond donors (Lipinski definition) is 1. The molecule has 0 saturated heterocycles. The number of ether oxygens (including phenoxy) is 1. The van der Waals surface area contributed by atoms with E-state index in [0.717, 1.165) is 38.5 Å². The van der Waals surface area contributed by atoms with Gasteiger partial charge >= 0.3 is 6.09 Å². The first kappa shape index (κ1) is 13.3. The van der Waals surface area contributed by atoms with Gasteiger partial charge in [-0.3, -0.25) is 0 Å². The summed E-state index contributed by atoms with van der Waals surface area (Å²) in [6.45, 7) is 5.64. The van der Waals surface area contributed by atoms with Gasteiger partial charge in [-0.1, -0.05) is 5.92 Å². The van der Waals surface area contributed by atoms with Crippen molar-refractivity contribution in [2.24, 2.45) is 5.41 Å². The van der Waals surface area contributed by atoms with Crippen molar-refractivity contribution in [1.82, 2.24) is 5.32 Å². The topological polar surface area (TPSA) is 38.3 Å². The number of nitrogens with one attached hydrogen (secondary N) is 1. The molecule has 2 aliphatic rings. The molecule has 0 heterocycles. The molecule has 100 valence electrons. The highest BCUT2D eigenvalue weighted by molar-refractivity contribution is 5.69. The number of fused-ring (bicyclic) bond motifs is 2. The SMILES string of the molecule is C#CC12CCCC(NC(=O)OC(C)(C)C)(CC1)C2. The van der Waals surface area contributed by atoms with Crippen LogP contribution in [-0.2, 0) is 4.74 Å². The summed E-state index contributed by atoms with van der Waals surface area (Å²) in [5.74, 6) is 2.96. The molecule has 3 heteroatoms. The molecule has 0 aromatic carbocycles. The smallest absolute Gasteiger partial charge is 0.408 e. The van der Waals surface area contributed by atoms with Gasteiger partial charge in [0.05, 0.1) is 0 Å². The van der Waals surface area contributed by atoms with Crippen LogP contribution in [0.4, 0.5) is 4.79 Å². The van der Waals surface area contributed by atoms with Crippen LogP contribution in [0.3, 0.4) is 0 Å². The summed E-state index contributed by atoms with van der Waals surface area (Å²) in [4.78, 5) is 11.9. The normalized spacial score (nSPS) is 34.8. The van der Waals surface area contributed by atoms with Crippen molar-refractivity contribution in [3.8, 4) is 12.3 Å². The highest BCUT2D eigenvalue weighted by atomic mass is 16.6. The van der Waals surface area contributed by atoms with Gasteiger partial charge in [-0.05, 0) is 59.3 Å². The second kappa shape index (κ2) is 4.19. The molecular weight excluding hydrogens is 226 g/mol. The monoisotopic (exact) mass is 249 g/mol. The second-order valence-corrected chi connectivity index (χ2v) is 6.86. The number of carbonyl (C=O) groups excluding carboxylic acids is 1. The largest absolute Gasteiger partial charge is 0.444 e. The molecular formula is C15H23NO2. The Hall–Kier alpha value is -1.17. The van der Waals surface area contributed by atoms with E-state index < -0.39 is 5.60 Å². The van der Waals surface area contributed by atoms with Crippen molar-refractivity contribution in [2.75, 3.05) is 0 Å². The molecule has 0 spiro atoms. The minimum absolute atomic E-state index is 0.0211. The molecule has 2 aliphatic carbocycles. The number of hydrogen-bond acceptors (Lipinski definition) is 2. The van der Waals surface area contributed by atoms with Crippen LogP contribution < -0.4 is 5.32 Å². The summed E-state index contributed by atoms with van der Waals surface area (Å²) < 4.78 is 5.35. The van der Waals surface area contributed by atoms with Crippen LogP contribution in [0, 0.1) is 17.8 Å². The van der Waals surface area contributed by atoms with Gasteiger partial charge in [-0.25, -0.2) is 4.79 Å². The van der Waals surface area contributed by atoms with Crippen molar-refractivity contribution >= 4 is 6.09 Å². The Bertz CT molecular complexity index is 390. The highest BCUT2D eigenvalue weighted by Crippen LogP contribution is 2.53. The Balaban J connectivity index is 2.02. The first-order valence-corrected chi connectivity index (χ1v) is 6.77.